The molecule has 0 aliphatic heterocycles. The van der Waals surface area contributed by atoms with E-state index in [1.807, 2.05) is 0 Å². The Kier molecular flexibility index (Phi) is 3.69. The van der Waals surface area contributed by atoms with Gasteiger partial charge in [0.1, 0.15) is 22.5 Å². The fourth-order valence-corrected chi connectivity index (χ4v) is 2.45. The standard InChI is InChI=1S/C17H14O7/c1-22-11-4-3-8(5-12(11)23-2)17-16(21)15(20)14-10(19)6-9(18)7-13(14)24-17/h3-7,18-19,21H,1-2H3. The van der Waals surface area contributed by atoms with Crippen LogP contribution < -0.4 is 14.9 Å². The van der Waals surface area contributed by atoms with Gasteiger partial charge in [0.25, 0.3) is 0 Å². The molecule has 0 atom stereocenters. The highest BCUT2D eigenvalue weighted by molar-refractivity contribution is 5.88. The lowest BCUT2D eigenvalue weighted by Crippen LogP contribution is -2.03. The second-order valence-corrected chi connectivity index (χ2v) is 5.02. The van der Waals surface area contributed by atoms with Crippen LogP contribution in [0.3, 0.4) is 0 Å². The van der Waals surface area contributed by atoms with E-state index < -0.39 is 16.9 Å². The van der Waals surface area contributed by atoms with Crippen molar-refractivity contribution < 1.29 is 29.2 Å². The molecule has 0 unspecified atom stereocenters. The van der Waals surface area contributed by atoms with Gasteiger partial charge >= 0.3 is 0 Å². The van der Waals surface area contributed by atoms with Gasteiger partial charge in [0.05, 0.1) is 14.2 Å². The predicted octanol–water partition coefficient (Wildman–Crippen LogP) is 2.59. The molecule has 0 amide bonds. The topological polar surface area (TPSA) is 109 Å². The van der Waals surface area contributed by atoms with E-state index >= 15 is 0 Å². The van der Waals surface area contributed by atoms with Gasteiger partial charge in [-0.2, -0.15) is 0 Å². The van der Waals surface area contributed by atoms with E-state index in [9.17, 15) is 20.1 Å². The minimum Gasteiger partial charge on any atom is -0.508 e. The van der Waals surface area contributed by atoms with Gasteiger partial charge in [-0.05, 0) is 18.2 Å². The molecule has 3 aromatic rings. The largest absolute Gasteiger partial charge is 0.508 e. The van der Waals surface area contributed by atoms with E-state index in [4.69, 9.17) is 13.9 Å². The summed E-state index contributed by atoms with van der Waals surface area (Å²) >= 11 is 0. The Bertz CT molecular complexity index is 988. The summed E-state index contributed by atoms with van der Waals surface area (Å²) in [6, 6.07) is 6.88. The quantitative estimate of drug-likeness (QED) is 0.677. The van der Waals surface area contributed by atoms with Gasteiger partial charge in [-0.1, -0.05) is 0 Å². The number of ether oxygens (including phenoxy) is 2. The highest BCUT2D eigenvalue weighted by atomic mass is 16.5. The summed E-state index contributed by atoms with van der Waals surface area (Å²) in [5.41, 5.74) is -0.495. The number of hydrogen-bond acceptors (Lipinski definition) is 7. The van der Waals surface area contributed by atoms with Crippen LogP contribution in [0.1, 0.15) is 0 Å². The Morgan fingerprint density at radius 2 is 1.67 bits per heavy atom. The van der Waals surface area contributed by atoms with Crippen LogP contribution >= 0.6 is 0 Å². The Labute approximate surface area is 135 Å². The molecular formula is C17H14O7. The van der Waals surface area contributed by atoms with E-state index in [0.717, 1.165) is 6.07 Å². The number of fused-ring (bicyclic) bond motifs is 1. The van der Waals surface area contributed by atoms with Gasteiger partial charge in [-0.3, -0.25) is 4.79 Å². The maximum absolute atomic E-state index is 12.3. The van der Waals surface area contributed by atoms with Crippen molar-refractivity contribution in [3.05, 3.63) is 40.6 Å². The molecule has 1 aromatic heterocycles. The normalized spacial score (nSPS) is 10.8. The number of methoxy groups -OCH3 is 2. The van der Waals surface area contributed by atoms with Gasteiger partial charge < -0.3 is 29.2 Å². The van der Waals surface area contributed by atoms with Crippen LogP contribution in [-0.4, -0.2) is 29.5 Å². The van der Waals surface area contributed by atoms with Crippen molar-refractivity contribution in [3.8, 4) is 40.1 Å². The molecule has 24 heavy (non-hydrogen) atoms. The Morgan fingerprint density at radius 1 is 0.958 bits per heavy atom. The number of hydrogen-bond donors (Lipinski definition) is 3. The van der Waals surface area contributed by atoms with E-state index in [0.29, 0.717) is 17.1 Å². The molecule has 7 nitrogen and oxygen atoms in total. The van der Waals surface area contributed by atoms with Crippen LogP contribution in [0.25, 0.3) is 22.3 Å². The lowest BCUT2D eigenvalue weighted by Gasteiger charge is -2.11. The van der Waals surface area contributed by atoms with E-state index in [-0.39, 0.29) is 22.5 Å². The van der Waals surface area contributed by atoms with Crippen molar-refractivity contribution in [1.29, 1.82) is 0 Å². The summed E-state index contributed by atoms with van der Waals surface area (Å²) in [6.07, 6.45) is 0. The number of benzene rings is 2. The van der Waals surface area contributed by atoms with Crippen LogP contribution in [-0.2, 0) is 0 Å². The average molecular weight is 330 g/mol. The van der Waals surface area contributed by atoms with E-state index in [1.165, 1.54) is 26.4 Å². The van der Waals surface area contributed by atoms with Crippen molar-refractivity contribution >= 4 is 11.0 Å². The smallest absolute Gasteiger partial charge is 0.238 e. The van der Waals surface area contributed by atoms with Crippen LogP contribution in [0.5, 0.6) is 28.7 Å². The van der Waals surface area contributed by atoms with Crippen molar-refractivity contribution in [2.45, 2.75) is 0 Å². The molecule has 0 radical (unpaired) electrons. The molecule has 0 bridgehead atoms. The van der Waals surface area contributed by atoms with Gasteiger partial charge in [0.2, 0.25) is 11.2 Å². The van der Waals surface area contributed by atoms with Crippen LogP contribution in [0, 0.1) is 0 Å². The summed E-state index contributed by atoms with van der Waals surface area (Å²) in [7, 11) is 2.94. The van der Waals surface area contributed by atoms with Crippen molar-refractivity contribution in [1.82, 2.24) is 0 Å². The zero-order valence-corrected chi connectivity index (χ0v) is 12.9. The van der Waals surface area contributed by atoms with Crippen molar-refractivity contribution in [2.75, 3.05) is 14.2 Å². The summed E-state index contributed by atoms with van der Waals surface area (Å²) in [6.45, 7) is 0. The highest BCUT2D eigenvalue weighted by Crippen LogP contribution is 2.38. The predicted molar refractivity (Wildman–Crippen MR) is 86.0 cm³/mol. The third-order valence-corrected chi connectivity index (χ3v) is 3.58. The third-order valence-electron chi connectivity index (χ3n) is 3.58. The first-order valence-corrected chi connectivity index (χ1v) is 6.90. The first-order chi connectivity index (χ1) is 11.5. The molecule has 124 valence electrons. The molecule has 2 aromatic carbocycles. The lowest BCUT2D eigenvalue weighted by molar-refractivity contribution is 0.355. The van der Waals surface area contributed by atoms with Crippen LogP contribution in [0.2, 0.25) is 0 Å². The molecule has 7 heteroatoms. The monoisotopic (exact) mass is 330 g/mol. The fraction of sp³-hybridized carbons (Fsp3) is 0.118. The molecule has 3 N–H and O–H groups in total. The molecule has 1 heterocycles. The minimum absolute atomic E-state index is 0.0555. The maximum Gasteiger partial charge on any atom is 0.238 e. The zero-order chi connectivity index (χ0) is 17.4. The van der Waals surface area contributed by atoms with Gasteiger partial charge in [-0.15, -0.1) is 0 Å². The zero-order valence-electron chi connectivity index (χ0n) is 12.9. The molecule has 0 spiro atoms. The molecule has 0 aliphatic rings. The molecular weight excluding hydrogens is 316 g/mol. The second-order valence-electron chi connectivity index (χ2n) is 5.02. The van der Waals surface area contributed by atoms with E-state index in [1.54, 1.807) is 12.1 Å². The first-order valence-electron chi connectivity index (χ1n) is 6.90. The molecule has 0 saturated heterocycles. The molecule has 3 rings (SSSR count). The van der Waals surface area contributed by atoms with Crippen LogP contribution in [0.4, 0.5) is 0 Å². The van der Waals surface area contributed by atoms with Crippen molar-refractivity contribution in [3.63, 3.8) is 0 Å². The SMILES string of the molecule is COc1ccc(-c2oc3cc(O)cc(O)c3c(=O)c2O)cc1OC. The maximum atomic E-state index is 12.3. The number of aromatic hydroxyl groups is 3. The Hall–Kier alpha value is -3.35. The van der Waals surface area contributed by atoms with Crippen molar-refractivity contribution in [2.24, 2.45) is 0 Å². The second kappa shape index (κ2) is 5.69. The minimum atomic E-state index is -0.807. The lowest BCUT2D eigenvalue weighted by atomic mass is 10.1. The molecule has 0 aliphatic carbocycles. The number of phenols is 2. The fourth-order valence-electron chi connectivity index (χ4n) is 2.45. The number of rotatable bonds is 3. The van der Waals surface area contributed by atoms with Crippen LogP contribution in [0.15, 0.2) is 39.5 Å². The van der Waals surface area contributed by atoms with E-state index in [2.05, 4.69) is 0 Å². The first kappa shape index (κ1) is 15.5. The summed E-state index contributed by atoms with van der Waals surface area (Å²) in [4.78, 5) is 12.3. The number of phenolic OH excluding ortho intramolecular Hbond substituents is 2. The molecule has 0 fully saturated rings. The summed E-state index contributed by atoms with van der Waals surface area (Å²) in [5.74, 6) is -0.663. The Morgan fingerprint density at radius 3 is 2.33 bits per heavy atom. The summed E-state index contributed by atoms with van der Waals surface area (Å²) in [5, 5.41) is 29.3. The summed E-state index contributed by atoms with van der Waals surface area (Å²) < 4.78 is 15.9. The van der Waals surface area contributed by atoms with Gasteiger partial charge in [-0.25, -0.2) is 0 Å². The van der Waals surface area contributed by atoms with Gasteiger partial charge in [0, 0.05) is 17.7 Å². The Balaban J connectivity index is 2.31. The molecule has 0 saturated carbocycles. The average Bonchev–Trinajstić information content (AvgIpc) is 2.56. The highest BCUT2D eigenvalue weighted by Gasteiger charge is 2.19. The third kappa shape index (κ3) is 2.36. The van der Waals surface area contributed by atoms with Gasteiger partial charge in [0.15, 0.2) is 17.3 Å².